The summed E-state index contributed by atoms with van der Waals surface area (Å²) in [6, 6.07) is 17.2. The number of nitrogens with zero attached hydrogens (tertiary/aromatic N) is 3. The first-order valence-electron chi connectivity index (χ1n) is 8.70. The zero-order valence-corrected chi connectivity index (χ0v) is 15.8. The van der Waals surface area contributed by atoms with E-state index in [0.717, 1.165) is 22.7 Å². The second-order valence-electron chi connectivity index (χ2n) is 6.65. The smallest absolute Gasteiger partial charge is 0.262 e. The molecule has 0 unspecified atom stereocenters. The van der Waals surface area contributed by atoms with Gasteiger partial charge in [0.25, 0.3) is 5.56 Å². The molecule has 5 heteroatoms. The number of aromatic nitrogens is 2. The zero-order valence-electron chi connectivity index (χ0n) is 15.0. The van der Waals surface area contributed by atoms with Crippen molar-refractivity contribution in [2.24, 2.45) is 5.92 Å². The molecule has 0 saturated carbocycles. The van der Waals surface area contributed by atoms with Crippen molar-refractivity contribution in [3.63, 3.8) is 0 Å². The van der Waals surface area contributed by atoms with E-state index in [1.54, 1.807) is 22.4 Å². The minimum absolute atomic E-state index is 0.0181. The van der Waals surface area contributed by atoms with E-state index in [2.05, 4.69) is 19.9 Å². The molecule has 0 bridgehead atoms. The predicted molar refractivity (Wildman–Crippen MR) is 106 cm³/mol. The van der Waals surface area contributed by atoms with Crippen molar-refractivity contribution in [2.45, 2.75) is 37.7 Å². The van der Waals surface area contributed by atoms with E-state index in [-0.39, 0.29) is 5.56 Å². The summed E-state index contributed by atoms with van der Waals surface area (Å²) in [5.74, 6) is 1.18. The van der Waals surface area contributed by atoms with E-state index in [9.17, 15) is 4.79 Å². The van der Waals surface area contributed by atoms with Gasteiger partial charge in [-0.3, -0.25) is 9.36 Å². The Labute approximate surface area is 157 Å². The lowest BCUT2D eigenvalue weighted by Crippen LogP contribution is -2.24. The number of thioether (sulfide) groups is 1. The molecule has 1 heterocycles. The normalized spacial score (nSPS) is 11.0. The van der Waals surface area contributed by atoms with E-state index >= 15 is 0 Å². The van der Waals surface area contributed by atoms with Crippen molar-refractivity contribution in [3.8, 4) is 6.07 Å². The van der Waals surface area contributed by atoms with Crippen LogP contribution in [0.5, 0.6) is 0 Å². The highest BCUT2D eigenvalue weighted by Crippen LogP contribution is 2.23. The molecule has 0 fully saturated rings. The molecule has 0 radical (unpaired) electrons. The molecule has 4 nitrogen and oxygen atoms in total. The molecule has 0 saturated heterocycles. The van der Waals surface area contributed by atoms with Gasteiger partial charge in [0.1, 0.15) is 0 Å². The molecule has 0 amide bonds. The first kappa shape index (κ1) is 18.2. The molecule has 26 heavy (non-hydrogen) atoms. The fraction of sp³-hybridized carbons (Fsp3) is 0.286. The molecule has 0 aliphatic rings. The van der Waals surface area contributed by atoms with E-state index in [4.69, 9.17) is 10.2 Å². The van der Waals surface area contributed by atoms with Crippen LogP contribution in [0.15, 0.2) is 58.5 Å². The number of hydrogen-bond donors (Lipinski definition) is 0. The third kappa shape index (κ3) is 4.14. The molecule has 0 spiro atoms. The number of benzene rings is 2. The van der Waals surface area contributed by atoms with Crippen molar-refractivity contribution >= 4 is 22.7 Å². The van der Waals surface area contributed by atoms with Gasteiger partial charge in [-0.2, -0.15) is 5.26 Å². The third-order valence-corrected chi connectivity index (χ3v) is 5.23. The average molecular weight is 363 g/mol. The van der Waals surface area contributed by atoms with Crippen molar-refractivity contribution in [2.75, 3.05) is 0 Å². The highest BCUT2D eigenvalue weighted by atomic mass is 32.2. The van der Waals surface area contributed by atoms with Crippen LogP contribution in [0.3, 0.4) is 0 Å². The van der Waals surface area contributed by atoms with Gasteiger partial charge in [0.05, 0.1) is 22.5 Å². The third-order valence-electron chi connectivity index (χ3n) is 4.18. The summed E-state index contributed by atoms with van der Waals surface area (Å²) in [6.07, 6.45) is 0.928. The lowest BCUT2D eigenvalue weighted by molar-refractivity contribution is 0.481. The summed E-state index contributed by atoms with van der Waals surface area (Å²) in [5.41, 5.74) is 2.44. The van der Waals surface area contributed by atoms with Gasteiger partial charge in [0.2, 0.25) is 0 Å². The number of para-hydroxylation sites is 1. The van der Waals surface area contributed by atoms with Crippen molar-refractivity contribution in [1.82, 2.24) is 9.55 Å². The second kappa shape index (κ2) is 8.20. The Bertz CT molecular complexity index is 1020. The lowest BCUT2D eigenvalue weighted by atomic mass is 10.1. The van der Waals surface area contributed by atoms with Crippen LogP contribution >= 0.6 is 11.8 Å². The molecule has 1 aromatic heterocycles. The summed E-state index contributed by atoms with van der Waals surface area (Å²) in [6.45, 7) is 4.97. The Kier molecular flexibility index (Phi) is 5.75. The Balaban J connectivity index is 1.95. The topological polar surface area (TPSA) is 58.7 Å². The summed E-state index contributed by atoms with van der Waals surface area (Å²) >= 11 is 1.54. The molecule has 3 rings (SSSR count). The van der Waals surface area contributed by atoms with Gasteiger partial charge in [-0.25, -0.2) is 4.98 Å². The largest absolute Gasteiger partial charge is 0.287 e. The van der Waals surface area contributed by atoms with E-state index in [1.807, 2.05) is 42.5 Å². The molecular formula is C21H21N3OS. The Morgan fingerprint density at radius 2 is 2.00 bits per heavy atom. The summed E-state index contributed by atoms with van der Waals surface area (Å²) < 4.78 is 1.79. The Hall–Kier alpha value is -2.58. The van der Waals surface area contributed by atoms with Crippen molar-refractivity contribution in [1.29, 1.82) is 5.26 Å². The molecule has 3 aromatic rings. The van der Waals surface area contributed by atoms with Crippen molar-refractivity contribution < 1.29 is 0 Å². The predicted octanol–water partition coefficient (Wildman–Crippen LogP) is 4.61. The van der Waals surface area contributed by atoms with E-state index in [1.165, 1.54) is 0 Å². The van der Waals surface area contributed by atoms with Crippen LogP contribution in [-0.2, 0) is 12.3 Å². The summed E-state index contributed by atoms with van der Waals surface area (Å²) in [5, 5.41) is 10.4. The molecular weight excluding hydrogens is 342 g/mol. The van der Waals surface area contributed by atoms with Crippen LogP contribution in [0.1, 0.15) is 31.4 Å². The summed E-state index contributed by atoms with van der Waals surface area (Å²) in [4.78, 5) is 17.7. The van der Waals surface area contributed by atoms with Crippen molar-refractivity contribution in [3.05, 3.63) is 70.0 Å². The van der Waals surface area contributed by atoms with Gasteiger partial charge < -0.3 is 0 Å². The van der Waals surface area contributed by atoms with Gasteiger partial charge in [0, 0.05) is 12.3 Å². The minimum Gasteiger partial charge on any atom is -0.287 e. The molecule has 0 aliphatic carbocycles. The van der Waals surface area contributed by atoms with Crippen LogP contribution in [0, 0.1) is 17.2 Å². The Morgan fingerprint density at radius 1 is 1.19 bits per heavy atom. The Morgan fingerprint density at radius 3 is 2.77 bits per heavy atom. The fourth-order valence-electron chi connectivity index (χ4n) is 2.72. The van der Waals surface area contributed by atoms with Crippen LogP contribution < -0.4 is 5.56 Å². The second-order valence-corrected chi connectivity index (χ2v) is 7.59. The SMILES string of the molecule is CC(C)CCn1c(SCc2cccc(C#N)c2)nc2ccccc2c1=O. The minimum atomic E-state index is 0.0181. The number of fused-ring (bicyclic) bond motifs is 1. The number of hydrogen-bond acceptors (Lipinski definition) is 4. The quantitative estimate of drug-likeness (QED) is 0.474. The van der Waals surface area contributed by atoms with Crippen LogP contribution in [-0.4, -0.2) is 9.55 Å². The zero-order chi connectivity index (χ0) is 18.5. The number of rotatable bonds is 6. The highest BCUT2D eigenvalue weighted by molar-refractivity contribution is 7.98. The first-order chi connectivity index (χ1) is 12.6. The molecule has 0 aliphatic heterocycles. The van der Waals surface area contributed by atoms with Gasteiger partial charge in [0.15, 0.2) is 5.16 Å². The van der Waals surface area contributed by atoms with Crippen LogP contribution in [0.2, 0.25) is 0 Å². The van der Waals surface area contributed by atoms with E-state index < -0.39 is 0 Å². The van der Waals surface area contributed by atoms with Gasteiger partial charge in [-0.15, -0.1) is 0 Å². The molecule has 0 N–H and O–H groups in total. The van der Waals surface area contributed by atoms with Crippen LogP contribution in [0.25, 0.3) is 10.9 Å². The van der Waals surface area contributed by atoms with E-state index in [0.29, 0.717) is 29.2 Å². The summed E-state index contributed by atoms with van der Waals surface area (Å²) in [7, 11) is 0. The molecule has 2 aromatic carbocycles. The number of nitriles is 1. The highest BCUT2D eigenvalue weighted by Gasteiger charge is 2.12. The molecule has 132 valence electrons. The monoisotopic (exact) mass is 363 g/mol. The first-order valence-corrected chi connectivity index (χ1v) is 9.68. The standard InChI is InChI=1S/C21H21N3OS/c1-15(2)10-11-24-20(25)18-8-3-4-9-19(18)23-21(24)26-14-17-7-5-6-16(12-17)13-22/h3-9,12,15H,10-11,14H2,1-2H3. The van der Waals surface area contributed by atoms with Gasteiger partial charge >= 0.3 is 0 Å². The van der Waals surface area contributed by atoms with Gasteiger partial charge in [-0.05, 0) is 42.2 Å². The lowest BCUT2D eigenvalue weighted by Gasteiger charge is -2.14. The maximum atomic E-state index is 12.9. The maximum absolute atomic E-state index is 12.9. The fourth-order valence-corrected chi connectivity index (χ4v) is 3.69. The average Bonchev–Trinajstić information content (AvgIpc) is 2.66. The van der Waals surface area contributed by atoms with Gasteiger partial charge in [-0.1, -0.05) is 49.9 Å². The van der Waals surface area contributed by atoms with Crippen LogP contribution in [0.4, 0.5) is 0 Å². The maximum Gasteiger partial charge on any atom is 0.262 e. The molecule has 0 atom stereocenters.